The van der Waals surface area contributed by atoms with Crippen LogP contribution in [0.3, 0.4) is 0 Å². The summed E-state index contributed by atoms with van der Waals surface area (Å²) in [5, 5.41) is 0.545. The number of aromatic nitrogens is 1. The lowest BCUT2D eigenvalue weighted by Crippen LogP contribution is -2.31. The van der Waals surface area contributed by atoms with E-state index in [9.17, 15) is 9.59 Å². The lowest BCUT2D eigenvalue weighted by Gasteiger charge is -2.26. The molecule has 0 spiro atoms. The maximum absolute atomic E-state index is 13.4. The lowest BCUT2D eigenvalue weighted by molar-refractivity contribution is 0.0737. The van der Waals surface area contributed by atoms with Crippen molar-refractivity contribution < 1.29 is 9.53 Å². The maximum Gasteiger partial charge on any atom is 0.256 e. The number of pyridine rings is 1. The van der Waals surface area contributed by atoms with Crippen molar-refractivity contribution in [3.8, 4) is 5.75 Å². The molecule has 1 amide bonds. The van der Waals surface area contributed by atoms with E-state index in [2.05, 4.69) is 4.98 Å². The van der Waals surface area contributed by atoms with E-state index < -0.39 is 0 Å². The molecule has 1 atom stereocenters. The number of amides is 1. The third kappa shape index (κ3) is 3.10. The van der Waals surface area contributed by atoms with Crippen LogP contribution in [-0.2, 0) is 0 Å². The Balaban J connectivity index is 1.76. The number of H-pyrrole nitrogens is 1. The van der Waals surface area contributed by atoms with Gasteiger partial charge in [-0.2, -0.15) is 0 Å². The van der Waals surface area contributed by atoms with Crippen molar-refractivity contribution in [1.29, 1.82) is 0 Å². The van der Waals surface area contributed by atoms with E-state index in [-0.39, 0.29) is 17.4 Å². The molecule has 0 saturated carbocycles. The molecule has 0 bridgehead atoms. The van der Waals surface area contributed by atoms with Gasteiger partial charge in [-0.1, -0.05) is 18.2 Å². The van der Waals surface area contributed by atoms with Crippen LogP contribution in [0, 0.1) is 6.92 Å². The fourth-order valence-corrected chi connectivity index (χ4v) is 3.94. The molecule has 5 nitrogen and oxygen atoms in total. The summed E-state index contributed by atoms with van der Waals surface area (Å²) in [5.74, 6) is 0.740. The molecule has 1 saturated heterocycles. The van der Waals surface area contributed by atoms with Crippen LogP contribution in [0.1, 0.15) is 40.5 Å². The van der Waals surface area contributed by atoms with Gasteiger partial charge in [-0.25, -0.2) is 0 Å². The van der Waals surface area contributed by atoms with Crippen molar-refractivity contribution in [2.24, 2.45) is 0 Å². The molecule has 3 aromatic rings. The van der Waals surface area contributed by atoms with Gasteiger partial charge in [0.05, 0.1) is 24.2 Å². The molecule has 1 aliphatic rings. The molecule has 2 aromatic carbocycles. The van der Waals surface area contributed by atoms with Gasteiger partial charge in [0, 0.05) is 23.7 Å². The number of fused-ring (bicyclic) bond motifs is 1. The number of aromatic amines is 1. The first-order chi connectivity index (χ1) is 13.1. The molecule has 4 rings (SSSR count). The number of ether oxygens (including phenoxy) is 1. The Labute approximate surface area is 157 Å². The van der Waals surface area contributed by atoms with Crippen LogP contribution in [0.5, 0.6) is 5.75 Å². The van der Waals surface area contributed by atoms with Gasteiger partial charge in [0.25, 0.3) is 5.91 Å². The summed E-state index contributed by atoms with van der Waals surface area (Å²) in [7, 11) is 1.64. The summed E-state index contributed by atoms with van der Waals surface area (Å²) in [5.41, 5.74) is 2.91. The van der Waals surface area contributed by atoms with E-state index in [1.54, 1.807) is 31.4 Å². The van der Waals surface area contributed by atoms with Crippen molar-refractivity contribution >= 4 is 16.8 Å². The Morgan fingerprint density at radius 3 is 2.81 bits per heavy atom. The number of aryl methyl sites for hydroxylation is 1. The SMILES string of the molecule is COc1cccc([C@H]2CCCN2C(=O)c2cccc3c(=O)cc(C)[nH]c23)c1. The van der Waals surface area contributed by atoms with Crippen LogP contribution < -0.4 is 10.2 Å². The average Bonchev–Trinajstić information content (AvgIpc) is 3.17. The summed E-state index contributed by atoms with van der Waals surface area (Å²) < 4.78 is 5.34. The minimum Gasteiger partial charge on any atom is -0.497 e. The van der Waals surface area contributed by atoms with Crippen LogP contribution in [0.2, 0.25) is 0 Å². The summed E-state index contributed by atoms with van der Waals surface area (Å²) in [4.78, 5) is 30.8. The van der Waals surface area contributed by atoms with Gasteiger partial charge in [-0.15, -0.1) is 0 Å². The molecule has 1 fully saturated rings. The second kappa shape index (κ2) is 6.91. The number of nitrogens with zero attached hydrogens (tertiary/aromatic N) is 1. The van der Waals surface area contributed by atoms with Crippen molar-refractivity contribution in [2.45, 2.75) is 25.8 Å². The number of para-hydroxylation sites is 1. The second-order valence-electron chi connectivity index (χ2n) is 6.98. The number of nitrogens with one attached hydrogen (secondary N) is 1. The zero-order valence-electron chi connectivity index (χ0n) is 15.5. The topological polar surface area (TPSA) is 62.4 Å². The molecule has 0 unspecified atom stereocenters. The van der Waals surface area contributed by atoms with Crippen LogP contribution in [-0.4, -0.2) is 29.4 Å². The summed E-state index contributed by atoms with van der Waals surface area (Å²) >= 11 is 0. The van der Waals surface area contributed by atoms with E-state index in [1.165, 1.54) is 0 Å². The van der Waals surface area contributed by atoms with E-state index >= 15 is 0 Å². The van der Waals surface area contributed by atoms with Gasteiger partial charge in [0.1, 0.15) is 5.75 Å². The van der Waals surface area contributed by atoms with Gasteiger partial charge < -0.3 is 14.6 Å². The normalized spacial score (nSPS) is 16.7. The van der Waals surface area contributed by atoms with Gasteiger partial charge in [-0.05, 0) is 49.6 Å². The van der Waals surface area contributed by atoms with E-state index in [0.29, 0.717) is 23.0 Å². The highest BCUT2D eigenvalue weighted by Crippen LogP contribution is 2.35. The number of carbonyl (C=O) groups excluding carboxylic acids is 1. The third-order valence-corrected chi connectivity index (χ3v) is 5.22. The lowest BCUT2D eigenvalue weighted by atomic mass is 10.0. The monoisotopic (exact) mass is 362 g/mol. The number of hydrogen-bond donors (Lipinski definition) is 1. The average molecular weight is 362 g/mol. The third-order valence-electron chi connectivity index (χ3n) is 5.22. The van der Waals surface area contributed by atoms with Crippen LogP contribution >= 0.6 is 0 Å². The Morgan fingerprint density at radius 2 is 2.00 bits per heavy atom. The first-order valence-electron chi connectivity index (χ1n) is 9.16. The zero-order valence-corrected chi connectivity index (χ0v) is 15.5. The van der Waals surface area contributed by atoms with Crippen molar-refractivity contribution in [2.75, 3.05) is 13.7 Å². The molecule has 138 valence electrons. The Kier molecular flexibility index (Phi) is 4.44. The minimum atomic E-state index is -0.0679. The predicted molar refractivity (Wildman–Crippen MR) is 105 cm³/mol. The van der Waals surface area contributed by atoms with Crippen LogP contribution in [0.4, 0.5) is 0 Å². The summed E-state index contributed by atoms with van der Waals surface area (Å²) in [6, 6.07) is 14.8. The number of likely N-dealkylation sites (tertiary alicyclic amines) is 1. The first-order valence-corrected chi connectivity index (χ1v) is 9.16. The summed E-state index contributed by atoms with van der Waals surface area (Å²) in [6.45, 7) is 2.53. The molecule has 5 heteroatoms. The van der Waals surface area contributed by atoms with Crippen LogP contribution in [0.25, 0.3) is 10.9 Å². The molecule has 1 N–H and O–H groups in total. The van der Waals surface area contributed by atoms with Gasteiger partial charge in [0.2, 0.25) is 0 Å². The standard InChI is InChI=1S/C22H22N2O3/c1-14-12-20(25)17-8-4-9-18(21(17)23-14)22(26)24-11-5-10-19(24)15-6-3-7-16(13-15)27-2/h3-4,6-9,12-13,19H,5,10-11H2,1-2H3,(H,23,25)/t19-/m1/s1. The number of benzene rings is 2. The minimum absolute atomic E-state index is 0.0133. The van der Waals surface area contributed by atoms with Gasteiger partial charge in [-0.3, -0.25) is 9.59 Å². The quantitative estimate of drug-likeness (QED) is 0.770. The predicted octanol–water partition coefficient (Wildman–Crippen LogP) is 3.82. The van der Waals surface area contributed by atoms with Gasteiger partial charge in [0.15, 0.2) is 5.43 Å². The highest BCUT2D eigenvalue weighted by molar-refractivity contribution is 6.05. The van der Waals surface area contributed by atoms with E-state index in [4.69, 9.17) is 4.74 Å². The molecule has 1 aliphatic heterocycles. The molecule has 2 heterocycles. The smallest absolute Gasteiger partial charge is 0.256 e. The Morgan fingerprint density at radius 1 is 1.19 bits per heavy atom. The fraction of sp³-hybridized carbons (Fsp3) is 0.273. The van der Waals surface area contributed by atoms with Crippen LogP contribution in [0.15, 0.2) is 53.3 Å². The van der Waals surface area contributed by atoms with E-state index in [0.717, 1.165) is 29.8 Å². The second-order valence-corrected chi connectivity index (χ2v) is 6.98. The highest BCUT2D eigenvalue weighted by Gasteiger charge is 2.31. The Hall–Kier alpha value is -3.08. The molecule has 0 aliphatic carbocycles. The molecule has 0 radical (unpaired) electrons. The number of methoxy groups -OCH3 is 1. The number of rotatable bonds is 3. The number of hydrogen-bond acceptors (Lipinski definition) is 3. The molecule has 27 heavy (non-hydrogen) atoms. The highest BCUT2D eigenvalue weighted by atomic mass is 16.5. The summed E-state index contributed by atoms with van der Waals surface area (Å²) in [6.07, 6.45) is 1.87. The van der Waals surface area contributed by atoms with E-state index in [1.807, 2.05) is 36.1 Å². The van der Waals surface area contributed by atoms with Crippen molar-refractivity contribution in [1.82, 2.24) is 9.88 Å². The Bertz CT molecular complexity index is 1070. The molecule has 1 aromatic heterocycles. The fourth-order valence-electron chi connectivity index (χ4n) is 3.94. The van der Waals surface area contributed by atoms with Gasteiger partial charge >= 0.3 is 0 Å². The van der Waals surface area contributed by atoms with Crippen molar-refractivity contribution in [3.63, 3.8) is 0 Å². The van der Waals surface area contributed by atoms with Crippen molar-refractivity contribution in [3.05, 3.63) is 75.6 Å². The largest absolute Gasteiger partial charge is 0.497 e. The molecular weight excluding hydrogens is 340 g/mol. The maximum atomic E-state index is 13.4. The first kappa shape index (κ1) is 17.3. The molecular formula is C22H22N2O3. The number of carbonyl (C=O) groups is 1. The zero-order chi connectivity index (χ0) is 19.0.